The van der Waals surface area contributed by atoms with Crippen LogP contribution in [-0.2, 0) is 12.3 Å². The second-order valence-electron chi connectivity index (χ2n) is 8.04. The molecule has 0 atom stereocenters. The van der Waals surface area contributed by atoms with Crippen molar-refractivity contribution in [1.82, 2.24) is 14.9 Å². The highest BCUT2D eigenvalue weighted by atomic mass is 32.2. The minimum Gasteiger partial charge on any atom is -0.350 e. The molecule has 0 saturated heterocycles. The Hall–Kier alpha value is -3.45. The van der Waals surface area contributed by atoms with Crippen molar-refractivity contribution < 1.29 is 9.18 Å². The number of para-hydroxylation sites is 1. The molecule has 0 spiro atoms. The molecule has 0 fully saturated rings. The van der Waals surface area contributed by atoms with E-state index in [-0.39, 0.29) is 23.3 Å². The normalized spacial score (nSPS) is 11.2. The third kappa shape index (κ3) is 5.49. The standard InChI is InChI=1S/C26H24FN3O2S/c1-17(2)28-24(31)20-11-7-18(8-12-20)15-30-25(32)22-5-3-4-6-23(22)29-26(30)33-16-19-9-13-21(27)14-10-19/h3-14,17H,15-16H2,1-2H3,(H,28,31). The lowest BCUT2D eigenvalue weighted by molar-refractivity contribution is 0.0943. The molecular weight excluding hydrogens is 437 g/mol. The number of fused-ring (bicyclic) bond motifs is 1. The van der Waals surface area contributed by atoms with Gasteiger partial charge >= 0.3 is 0 Å². The monoisotopic (exact) mass is 461 g/mol. The van der Waals surface area contributed by atoms with Crippen molar-refractivity contribution >= 4 is 28.6 Å². The quantitative estimate of drug-likeness (QED) is 0.310. The minimum absolute atomic E-state index is 0.0557. The Labute approximate surface area is 195 Å². The Balaban J connectivity index is 1.64. The van der Waals surface area contributed by atoms with Crippen molar-refractivity contribution in [3.63, 3.8) is 0 Å². The summed E-state index contributed by atoms with van der Waals surface area (Å²) >= 11 is 1.43. The number of nitrogens with zero attached hydrogens (tertiary/aromatic N) is 2. The number of benzene rings is 3. The number of carbonyl (C=O) groups is 1. The van der Waals surface area contributed by atoms with Gasteiger partial charge in [0.2, 0.25) is 0 Å². The van der Waals surface area contributed by atoms with Crippen LogP contribution >= 0.6 is 11.8 Å². The number of halogens is 1. The van der Waals surface area contributed by atoms with Crippen LogP contribution < -0.4 is 10.9 Å². The number of aromatic nitrogens is 2. The van der Waals surface area contributed by atoms with Gasteiger partial charge in [-0.1, -0.05) is 48.2 Å². The molecule has 1 aromatic heterocycles. The van der Waals surface area contributed by atoms with Gasteiger partial charge < -0.3 is 5.32 Å². The van der Waals surface area contributed by atoms with Crippen molar-refractivity contribution in [3.05, 3.63) is 106 Å². The van der Waals surface area contributed by atoms with Gasteiger partial charge in [-0.15, -0.1) is 0 Å². The first-order valence-corrected chi connectivity index (χ1v) is 11.7. The fraction of sp³-hybridized carbons (Fsp3) is 0.192. The minimum atomic E-state index is -0.282. The highest BCUT2D eigenvalue weighted by Gasteiger charge is 2.13. The highest BCUT2D eigenvalue weighted by Crippen LogP contribution is 2.23. The fourth-order valence-electron chi connectivity index (χ4n) is 3.42. The molecule has 7 heteroatoms. The predicted molar refractivity (Wildman–Crippen MR) is 130 cm³/mol. The van der Waals surface area contributed by atoms with Gasteiger partial charge in [-0.3, -0.25) is 14.2 Å². The van der Waals surface area contributed by atoms with Crippen molar-refractivity contribution in [2.75, 3.05) is 0 Å². The molecule has 0 radical (unpaired) electrons. The van der Waals surface area contributed by atoms with E-state index in [1.54, 1.807) is 34.9 Å². The van der Waals surface area contributed by atoms with Gasteiger partial charge in [0.25, 0.3) is 11.5 Å². The third-order valence-electron chi connectivity index (χ3n) is 5.08. The molecule has 5 nitrogen and oxygen atoms in total. The van der Waals surface area contributed by atoms with Crippen LogP contribution in [0.3, 0.4) is 0 Å². The van der Waals surface area contributed by atoms with E-state index in [9.17, 15) is 14.0 Å². The molecule has 3 aromatic carbocycles. The first kappa shape index (κ1) is 22.7. The number of rotatable bonds is 7. The smallest absolute Gasteiger partial charge is 0.262 e. The second-order valence-corrected chi connectivity index (χ2v) is 8.99. The predicted octanol–water partition coefficient (Wildman–Crippen LogP) is 5.01. The maximum Gasteiger partial charge on any atom is 0.262 e. The summed E-state index contributed by atoms with van der Waals surface area (Å²) in [7, 11) is 0. The molecule has 0 aliphatic heterocycles. The molecule has 1 amide bonds. The van der Waals surface area contributed by atoms with Gasteiger partial charge in [0.1, 0.15) is 5.82 Å². The number of carbonyl (C=O) groups excluding carboxylic acids is 1. The Morgan fingerprint density at radius 1 is 1.00 bits per heavy atom. The third-order valence-corrected chi connectivity index (χ3v) is 6.13. The number of thioether (sulfide) groups is 1. The molecular formula is C26H24FN3O2S. The Morgan fingerprint density at radius 3 is 2.36 bits per heavy atom. The lowest BCUT2D eigenvalue weighted by Crippen LogP contribution is -2.30. The van der Waals surface area contributed by atoms with Crippen molar-refractivity contribution in [1.29, 1.82) is 0 Å². The van der Waals surface area contributed by atoms with E-state index in [0.29, 0.717) is 33.9 Å². The van der Waals surface area contributed by atoms with Crippen molar-refractivity contribution in [2.24, 2.45) is 0 Å². The first-order chi connectivity index (χ1) is 15.9. The zero-order chi connectivity index (χ0) is 23.4. The molecule has 1 N–H and O–H groups in total. The van der Waals surface area contributed by atoms with Crippen molar-refractivity contribution in [2.45, 2.75) is 37.3 Å². The molecule has 33 heavy (non-hydrogen) atoms. The summed E-state index contributed by atoms with van der Waals surface area (Å²) in [5.74, 6) is 0.144. The lowest BCUT2D eigenvalue weighted by Gasteiger charge is -2.14. The Morgan fingerprint density at radius 2 is 1.67 bits per heavy atom. The maximum atomic E-state index is 13.3. The van der Waals surface area contributed by atoms with E-state index < -0.39 is 0 Å². The summed E-state index contributed by atoms with van der Waals surface area (Å²) in [6, 6.07) is 20.9. The summed E-state index contributed by atoms with van der Waals surface area (Å²) in [6.45, 7) is 4.15. The molecule has 0 aliphatic carbocycles. The van der Waals surface area contributed by atoms with Gasteiger partial charge in [-0.05, 0) is 61.4 Å². The number of hydrogen-bond donors (Lipinski definition) is 1. The van der Waals surface area contributed by atoms with Gasteiger partial charge in [0, 0.05) is 17.4 Å². The number of amides is 1. The van der Waals surface area contributed by atoms with E-state index in [0.717, 1.165) is 11.1 Å². The maximum absolute atomic E-state index is 13.3. The van der Waals surface area contributed by atoms with Crippen molar-refractivity contribution in [3.8, 4) is 0 Å². The van der Waals surface area contributed by atoms with E-state index >= 15 is 0 Å². The van der Waals surface area contributed by atoms with Crippen LogP contribution in [0.4, 0.5) is 4.39 Å². The summed E-state index contributed by atoms with van der Waals surface area (Å²) < 4.78 is 14.9. The van der Waals surface area contributed by atoms with E-state index in [2.05, 4.69) is 5.32 Å². The molecule has 4 aromatic rings. The van der Waals surface area contributed by atoms with Crippen LogP contribution in [0, 0.1) is 5.82 Å². The van der Waals surface area contributed by atoms with Gasteiger partial charge in [0.05, 0.1) is 17.4 Å². The number of nitrogens with one attached hydrogen (secondary N) is 1. The van der Waals surface area contributed by atoms with Crippen LogP contribution in [-0.4, -0.2) is 21.5 Å². The summed E-state index contributed by atoms with van der Waals surface area (Å²) in [5, 5.41) is 4.01. The lowest BCUT2D eigenvalue weighted by atomic mass is 10.1. The molecule has 0 saturated carbocycles. The molecule has 4 rings (SSSR count). The van der Waals surface area contributed by atoms with Gasteiger partial charge in [-0.2, -0.15) is 0 Å². The first-order valence-electron chi connectivity index (χ1n) is 10.7. The molecule has 168 valence electrons. The van der Waals surface area contributed by atoms with Gasteiger partial charge in [-0.25, -0.2) is 9.37 Å². The average molecular weight is 462 g/mol. The molecule has 0 unspecified atom stereocenters. The summed E-state index contributed by atoms with van der Waals surface area (Å²) in [4.78, 5) is 30.3. The van der Waals surface area contributed by atoms with E-state index in [1.165, 1.54) is 23.9 Å². The topological polar surface area (TPSA) is 64.0 Å². The molecule has 0 bridgehead atoms. The van der Waals surface area contributed by atoms with Crippen LogP contribution in [0.2, 0.25) is 0 Å². The zero-order valence-electron chi connectivity index (χ0n) is 18.4. The Kier molecular flexibility index (Phi) is 6.89. The van der Waals surface area contributed by atoms with Gasteiger partial charge in [0.15, 0.2) is 5.16 Å². The van der Waals surface area contributed by atoms with Crippen LogP contribution in [0.25, 0.3) is 10.9 Å². The summed E-state index contributed by atoms with van der Waals surface area (Å²) in [6.07, 6.45) is 0. The average Bonchev–Trinajstić information content (AvgIpc) is 2.81. The molecule has 0 aliphatic rings. The van der Waals surface area contributed by atoms with Crippen LogP contribution in [0.15, 0.2) is 82.7 Å². The fourth-order valence-corrected chi connectivity index (χ4v) is 4.37. The van der Waals surface area contributed by atoms with Crippen LogP contribution in [0.5, 0.6) is 0 Å². The summed E-state index contributed by atoms with van der Waals surface area (Å²) in [5.41, 5.74) is 2.92. The van der Waals surface area contributed by atoms with E-state index in [4.69, 9.17) is 4.98 Å². The number of hydrogen-bond acceptors (Lipinski definition) is 4. The van der Waals surface area contributed by atoms with E-state index in [1.807, 2.05) is 44.2 Å². The van der Waals surface area contributed by atoms with Crippen LogP contribution in [0.1, 0.15) is 35.3 Å². The SMILES string of the molecule is CC(C)NC(=O)c1ccc(Cn2c(SCc3ccc(F)cc3)nc3ccccc3c2=O)cc1. The highest BCUT2D eigenvalue weighted by molar-refractivity contribution is 7.98. The largest absolute Gasteiger partial charge is 0.350 e. The second kappa shape index (κ2) is 10.0. The Bertz CT molecular complexity index is 1330. The zero-order valence-corrected chi connectivity index (χ0v) is 19.2. The molecule has 1 heterocycles.